The summed E-state index contributed by atoms with van der Waals surface area (Å²) in [5.41, 5.74) is 0.600. The van der Waals surface area contributed by atoms with Gasteiger partial charge in [-0.1, -0.05) is 30.3 Å². The molecule has 122 valence electrons. The van der Waals surface area contributed by atoms with Gasteiger partial charge in [0.1, 0.15) is 18.2 Å². The Hall–Kier alpha value is -3.13. The van der Waals surface area contributed by atoms with Crippen molar-refractivity contribution in [3.05, 3.63) is 76.4 Å². The van der Waals surface area contributed by atoms with Crippen molar-refractivity contribution in [2.75, 3.05) is 0 Å². The lowest BCUT2D eigenvalue weighted by atomic mass is 10.1. The van der Waals surface area contributed by atoms with Crippen LogP contribution in [0, 0.1) is 15.9 Å². The summed E-state index contributed by atoms with van der Waals surface area (Å²) in [5.74, 6) is -0.205. The first-order chi connectivity index (χ1) is 11.5. The molecule has 0 fully saturated rings. The van der Waals surface area contributed by atoms with Crippen LogP contribution in [0.1, 0.15) is 11.7 Å². The average Bonchev–Trinajstić information content (AvgIpc) is 3.04. The molecule has 1 unspecified atom stereocenters. The molecule has 1 N–H and O–H groups in total. The zero-order chi connectivity index (χ0) is 17.1. The Labute approximate surface area is 136 Å². The van der Waals surface area contributed by atoms with Gasteiger partial charge in [0.25, 0.3) is 5.69 Å². The lowest BCUT2D eigenvalue weighted by molar-refractivity contribution is -0.384. The predicted molar refractivity (Wildman–Crippen MR) is 83.5 cm³/mol. The number of halogens is 1. The van der Waals surface area contributed by atoms with Gasteiger partial charge in [-0.05, 0) is 6.07 Å². The first kappa shape index (κ1) is 15.8. The number of benzene rings is 2. The molecule has 0 saturated carbocycles. The number of aliphatic hydroxyl groups excluding tert-OH is 1. The predicted octanol–water partition coefficient (Wildman–Crippen LogP) is 2.73. The minimum atomic E-state index is -1.08. The number of hydrogen-bond acceptors (Lipinski definition) is 5. The van der Waals surface area contributed by atoms with Gasteiger partial charge in [0, 0.05) is 23.3 Å². The van der Waals surface area contributed by atoms with Crippen molar-refractivity contribution in [2.45, 2.75) is 12.6 Å². The molecule has 0 spiro atoms. The van der Waals surface area contributed by atoms with Crippen molar-refractivity contribution < 1.29 is 14.4 Å². The average molecular weight is 328 g/mol. The van der Waals surface area contributed by atoms with Gasteiger partial charge in [0.2, 0.25) is 0 Å². The number of aliphatic hydroxyl groups is 1. The molecule has 2 aromatic carbocycles. The van der Waals surface area contributed by atoms with E-state index in [-0.39, 0.29) is 17.8 Å². The van der Waals surface area contributed by atoms with E-state index in [1.165, 1.54) is 35.3 Å². The van der Waals surface area contributed by atoms with Gasteiger partial charge in [-0.25, -0.2) is 14.1 Å². The maximum Gasteiger partial charge on any atom is 0.270 e. The third-order valence-electron chi connectivity index (χ3n) is 3.48. The highest BCUT2D eigenvalue weighted by Gasteiger charge is 2.15. The minimum Gasteiger partial charge on any atom is -0.386 e. The van der Waals surface area contributed by atoms with Gasteiger partial charge in [-0.15, -0.1) is 0 Å². The van der Waals surface area contributed by atoms with Crippen molar-refractivity contribution in [1.82, 2.24) is 14.8 Å². The molecule has 0 aliphatic heterocycles. The largest absolute Gasteiger partial charge is 0.386 e. The van der Waals surface area contributed by atoms with E-state index < -0.39 is 16.8 Å². The molecule has 1 heterocycles. The Morgan fingerprint density at radius 3 is 2.79 bits per heavy atom. The number of rotatable bonds is 5. The summed E-state index contributed by atoms with van der Waals surface area (Å²) in [5, 5.41) is 25.1. The smallest absolute Gasteiger partial charge is 0.270 e. The molecule has 8 heteroatoms. The Morgan fingerprint density at radius 1 is 1.25 bits per heavy atom. The quantitative estimate of drug-likeness (QED) is 0.574. The normalized spacial score (nSPS) is 12.1. The number of nitrogens with zero attached hydrogens (tertiary/aromatic N) is 4. The SMILES string of the molecule is O=[N+]([O-])c1cccc(-c2ncn(CC(O)c3ccccc3F)n2)c1. The summed E-state index contributed by atoms with van der Waals surface area (Å²) in [7, 11) is 0. The van der Waals surface area contributed by atoms with E-state index in [1.54, 1.807) is 24.3 Å². The van der Waals surface area contributed by atoms with E-state index in [1.807, 2.05) is 0 Å². The van der Waals surface area contributed by atoms with Gasteiger partial charge < -0.3 is 5.11 Å². The molecule has 1 atom stereocenters. The summed E-state index contributed by atoms with van der Waals surface area (Å²) in [6.45, 7) is 0.0167. The van der Waals surface area contributed by atoms with Crippen LogP contribution in [0.3, 0.4) is 0 Å². The molecular weight excluding hydrogens is 315 g/mol. The number of nitro groups is 1. The fourth-order valence-corrected chi connectivity index (χ4v) is 2.29. The van der Waals surface area contributed by atoms with Gasteiger partial charge in [-0.3, -0.25) is 10.1 Å². The molecule has 1 aromatic heterocycles. The minimum absolute atomic E-state index is 0.0167. The van der Waals surface area contributed by atoms with Crippen molar-refractivity contribution in [3.63, 3.8) is 0 Å². The first-order valence-electron chi connectivity index (χ1n) is 7.11. The topological polar surface area (TPSA) is 94.1 Å². The van der Waals surface area contributed by atoms with Crippen LogP contribution in [0.5, 0.6) is 0 Å². The summed E-state index contributed by atoms with van der Waals surface area (Å²) >= 11 is 0. The molecule has 24 heavy (non-hydrogen) atoms. The number of aromatic nitrogens is 3. The molecular formula is C16H13FN4O3. The van der Waals surface area contributed by atoms with E-state index in [2.05, 4.69) is 10.1 Å². The van der Waals surface area contributed by atoms with Crippen LogP contribution < -0.4 is 0 Å². The highest BCUT2D eigenvalue weighted by Crippen LogP contribution is 2.22. The van der Waals surface area contributed by atoms with Crippen LogP contribution in [0.2, 0.25) is 0 Å². The molecule has 0 aliphatic rings. The lowest BCUT2D eigenvalue weighted by Gasteiger charge is -2.11. The summed E-state index contributed by atoms with van der Waals surface area (Å²) in [4.78, 5) is 14.4. The second-order valence-corrected chi connectivity index (χ2v) is 5.13. The van der Waals surface area contributed by atoms with Crippen molar-refractivity contribution in [1.29, 1.82) is 0 Å². The van der Waals surface area contributed by atoms with Crippen molar-refractivity contribution in [2.24, 2.45) is 0 Å². The van der Waals surface area contributed by atoms with Crippen LogP contribution >= 0.6 is 0 Å². The molecule has 0 saturated heterocycles. The number of nitro benzene ring substituents is 1. The Balaban J connectivity index is 1.80. The van der Waals surface area contributed by atoms with E-state index in [0.29, 0.717) is 11.4 Å². The fourth-order valence-electron chi connectivity index (χ4n) is 2.29. The third kappa shape index (κ3) is 3.28. The Morgan fingerprint density at radius 2 is 2.04 bits per heavy atom. The molecule has 3 rings (SSSR count). The van der Waals surface area contributed by atoms with Gasteiger partial charge >= 0.3 is 0 Å². The lowest BCUT2D eigenvalue weighted by Crippen LogP contribution is -2.10. The highest BCUT2D eigenvalue weighted by atomic mass is 19.1. The maximum atomic E-state index is 13.7. The van der Waals surface area contributed by atoms with E-state index in [0.717, 1.165) is 0 Å². The second-order valence-electron chi connectivity index (χ2n) is 5.13. The second kappa shape index (κ2) is 6.55. The number of non-ortho nitro benzene ring substituents is 1. The van der Waals surface area contributed by atoms with Gasteiger partial charge in [0.05, 0.1) is 11.5 Å². The van der Waals surface area contributed by atoms with Crippen molar-refractivity contribution >= 4 is 5.69 Å². The standard InChI is InChI=1S/C16H13FN4O3/c17-14-7-2-1-6-13(14)15(22)9-20-10-18-16(19-20)11-4-3-5-12(8-11)21(23)24/h1-8,10,15,22H,9H2. The van der Waals surface area contributed by atoms with E-state index in [9.17, 15) is 19.6 Å². The summed E-state index contributed by atoms with van der Waals surface area (Å²) in [6.07, 6.45) is 0.309. The monoisotopic (exact) mass is 328 g/mol. The van der Waals surface area contributed by atoms with E-state index >= 15 is 0 Å². The first-order valence-corrected chi connectivity index (χ1v) is 7.11. The van der Waals surface area contributed by atoms with Crippen LogP contribution in [0.4, 0.5) is 10.1 Å². The molecule has 0 radical (unpaired) electrons. The Kier molecular flexibility index (Phi) is 4.30. The zero-order valence-electron chi connectivity index (χ0n) is 12.4. The maximum absolute atomic E-state index is 13.7. The Bertz CT molecular complexity index is 881. The van der Waals surface area contributed by atoms with Gasteiger partial charge in [-0.2, -0.15) is 5.10 Å². The fraction of sp³-hybridized carbons (Fsp3) is 0.125. The highest BCUT2D eigenvalue weighted by molar-refractivity contribution is 5.58. The molecule has 0 bridgehead atoms. The zero-order valence-corrected chi connectivity index (χ0v) is 12.4. The molecule has 0 aliphatic carbocycles. The van der Waals surface area contributed by atoms with E-state index in [4.69, 9.17) is 0 Å². The van der Waals surface area contributed by atoms with Gasteiger partial charge in [0.15, 0.2) is 5.82 Å². The van der Waals surface area contributed by atoms with Crippen LogP contribution in [-0.2, 0) is 6.54 Å². The molecule has 7 nitrogen and oxygen atoms in total. The van der Waals surface area contributed by atoms with Crippen LogP contribution in [-0.4, -0.2) is 24.8 Å². The molecule has 0 amide bonds. The van der Waals surface area contributed by atoms with Crippen molar-refractivity contribution in [3.8, 4) is 11.4 Å². The van der Waals surface area contributed by atoms with Crippen LogP contribution in [0.15, 0.2) is 54.9 Å². The summed E-state index contributed by atoms with van der Waals surface area (Å²) < 4.78 is 15.0. The third-order valence-corrected chi connectivity index (χ3v) is 3.48. The van der Waals surface area contributed by atoms with Crippen LogP contribution in [0.25, 0.3) is 11.4 Å². The number of hydrogen-bond donors (Lipinski definition) is 1. The summed E-state index contributed by atoms with van der Waals surface area (Å²) in [6, 6.07) is 11.9. The molecule has 3 aromatic rings.